The van der Waals surface area contributed by atoms with Crippen LogP contribution in [0, 0.1) is 0 Å². The van der Waals surface area contributed by atoms with Crippen molar-refractivity contribution < 1.29 is 56.6 Å². The molecule has 0 radical (unpaired) electrons. The molecule has 0 unspecified atom stereocenters. The smallest absolute Gasteiger partial charge is 0.331 e. The summed E-state index contributed by atoms with van der Waals surface area (Å²) in [4.78, 5) is 54.3. The molecule has 81 heavy (non-hydrogen) atoms. The van der Waals surface area contributed by atoms with Crippen molar-refractivity contribution in [2.75, 3.05) is 73.7 Å². The maximum atomic E-state index is 9.94. The van der Waals surface area contributed by atoms with Gasteiger partial charge in [0.25, 0.3) is 0 Å². The van der Waals surface area contributed by atoms with Crippen LogP contribution in [0.2, 0.25) is 26.2 Å². The van der Waals surface area contributed by atoms with Crippen molar-refractivity contribution in [1.29, 1.82) is 0 Å². The summed E-state index contributed by atoms with van der Waals surface area (Å²) < 4.78 is 22.3. The van der Waals surface area contributed by atoms with E-state index in [0.717, 1.165) is 73.5 Å². The Morgan fingerprint density at radius 1 is 0.432 bits per heavy atom. The van der Waals surface area contributed by atoms with E-state index in [1.165, 1.54) is 0 Å². The Kier molecular flexibility index (Phi) is 56.3. The van der Waals surface area contributed by atoms with Crippen LogP contribution in [0.4, 0.5) is 0 Å². The van der Waals surface area contributed by atoms with Gasteiger partial charge in [0.2, 0.25) is 0 Å². The molecule has 0 atom stereocenters. The minimum atomic E-state index is -2.08. The van der Waals surface area contributed by atoms with Gasteiger partial charge in [-0.05, 0) is 138 Å². The number of aliphatic imine (C=N–C) groups is 5. The molecule has 0 amide bonds. The van der Waals surface area contributed by atoms with Crippen LogP contribution < -0.4 is 11.5 Å². The van der Waals surface area contributed by atoms with Gasteiger partial charge in [-0.2, -0.15) is 0 Å². The molecule has 0 aliphatic carbocycles. The quantitative estimate of drug-likeness (QED) is 0.0189. The van der Waals surface area contributed by atoms with Crippen LogP contribution >= 0.6 is 34.8 Å². The molecule has 0 aliphatic heterocycles. The topological polar surface area (TPSA) is 245 Å². The fourth-order valence-corrected chi connectivity index (χ4v) is 7.96. The maximum Gasteiger partial charge on any atom is 0.331 e. The molecule has 6 aromatic heterocycles. The monoisotopic (exact) mass is 1290 g/mol. The van der Waals surface area contributed by atoms with Gasteiger partial charge in [0.1, 0.15) is 5.69 Å². The predicted octanol–water partition coefficient (Wildman–Crippen LogP) is 10.2. The molecule has 0 saturated heterocycles. The molecule has 0 saturated carbocycles. The normalized spacial score (nSPS) is 10.7. The number of hydrogen-bond donors (Lipinski definition) is 2. The van der Waals surface area contributed by atoms with E-state index in [2.05, 4.69) is 68.0 Å². The third-order valence-electron chi connectivity index (χ3n) is 8.84. The zero-order valence-corrected chi connectivity index (χ0v) is 53.8. The number of aromatic nitrogens is 6. The summed E-state index contributed by atoms with van der Waals surface area (Å²) >= 11 is 14.4. The first-order chi connectivity index (χ1) is 38.2. The molecule has 6 aromatic rings. The molecule has 25 heteroatoms. The molecule has 4 N–H and O–H groups in total. The van der Waals surface area contributed by atoms with Gasteiger partial charge in [-0.3, -0.25) is 59.7 Å². The molecular weight excluding hydrogens is 1210 g/mol. The number of rotatable bonds is 24. The fourth-order valence-electron chi connectivity index (χ4n) is 5.25. The van der Waals surface area contributed by atoms with Gasteiger partial charge in [0, 0.05) is 163 Å². The summed E-state index contributed by atoms with van der Waals surface area (Å²) in [5.41, 5.74) is 15.7. The zero-order valence-electron chi connectivity index (χ0n) is 47.3. The molecule has 6 heterocycles. The van der Waals surface area contributed by atoms with E-state index >= 15 is 0 Å². The van der Waals surface area contributed by atoms with E-state index in [1.54, 1.807) is 108 Å². The Morgan fingerprint density at radius 2 is 0.667 bits per heavy atom. The van der Waals surface area contributed by atoms with Crippen LogP contribution in [0.5, 0.6) is 0 Å². The number of pyridine rings is 6. The number of hydrogen-bond acceptors (Lipinski definition) is 18. The second kappa shape index (κ2) is 56.9. The number of nitrogens with two attached hydrogens (primary N) is 2. The Hall–Kier alpha value is -4.98. The molecule has 0 aliphatic rings. The first-order valence-electron chi connectivity index (χ1n) is 25.3. The molecule has 444 valence electrons. The Morgan fingerprint density at radius 3 is 0.864 bits per heavy atom. The Bertz CT molecular complexity index is 2270. The fraction of sp³-hybridized carbons (Fsp3) is 0.357. The Labute approximate surface area is 519 Å². The molecule has 0 fully saturated rings. The second-order valence-corrected chi connectivity index (χ2v) is 25.0. The van der Waals surface area contributed by atoms with Crippen molar-refractivity contribution >= 4 is 89.3 Å². The third-order valence-corrected chi connectivity index (χ3v) is 12.4. The third kappa shape index (κ3) is 54.1. The van der Waals surface area contributed by atoms with E-state index in [9.17, 15) is 4.79 Å². The predicted molar refractivity (Wildman–Crippen MR) is 333 cm³/mol. The number of carbonyl (C=O) groups is 1. The van der Waals surface area contributed by atoms with Crippen LogP contribution in [0.3, 0.4) is 0 Å². The van der Waals surface area contributed by atoms with Crippen molar-refractivity contribution in [3.63, 3.8) is 0 Å². The van der Waals surface area contributed by atoms with E-state index < -0.39 is 21.4 Å². The molecular formula is C56H80Cl3Fe2N13O5Si2. The summed E-state index contributed by atoms with van der Waals surface area (Å²) in [5, 5.41) is 0. The average Bonchev–Trinajstić information content (AvgIpc) is 3.45. The van der Waals surface area contributed by atoms with Crippen LogP contribution in [0.1, 0.15) is 64.6 Å². The van der Waals surface area contributed by atoms with Crippen molar-refractivity contribution in [3.05, 3.63) is 181 Å². The van der Waals surface area contributed by atoms with Gasteiger partial charge in [-0.15, -0.1) is 0 Å². The van der Waals surface area contributed by atoms with Crippen LogP contribution in [-0.2, 0) is 51.8 Å². The standard InChI is InChI=1S/C20H28N4O2Si.C8H22N2O2Si.3C7H8N2.C6H5NO.CHCl3.2Fe/c1-27(2,25-15-7-11-21-17-19-9-3-5-13-23-19)26-16-8-12-22-18-20-10-4-6-14-24-20;1-13(2,11-7-3-5-9)12-8-4-6-10;3*1-8-6-7-4-2-3-5-9-7;8-5-6-3-1-2-4-7-6;2-1(3)4;;/h3-6,9-10,13-14,17-18H,7-8,11-12,15-16H2,1-2H3;3-10H2,1-2H3;3*2-6H,1H3;1-5H;1H;;. The van der Waals surface area contributed by atoms with Crippen molar-refractivity contribution in [2.45, 2.75) is 56.2 Å². The van der Waals surface area contributed by atoms with Gasteiger partial charge in [0.15, 0.2) is 10.6 Å². The first kappa shape index (κ1) is 80.2. The van der Waals surface area contributed by atoms with Crippen LogP contribution in [-0.4, -0.2) is 162 Å². The largest absolute Gasteiger partial charge is 0.394 e. The molecule has 0 spiro atoms. The summed E-state index contributed by atoms with van der Waals surface area (Å²) in [7, 11) is 1.22. The van der Waals surface area contributed by atoms with E-state index in [1.807, 2.05) is 104 Å². The van der Waals surface area contributed by atoms with E-state index in [0.29, 0.717) is 45.2 Å². The second-order valence-electron chi connectivity index (χ2n) is 16.3. The maximum absolute atomic E-state index is 9.94. The van der Waals surface area contributed by atoms with E-state index in [-0.39, 0.29) is 34.1 Å². The minimum absolute atomic E-state index is 0. The summed E-state index contributed by atoms with van der Waals surface area (Å²) in [6.45, 7) is 13.8. The summed E-state index contributed by atoms with van der Waals surface area (Å²) in [6.07, 6.45) is 23.4. The number of aldehydes is 1. The minimum Gasteiger partial charge on any atom is -0.394 e. The van der Waals surface area contributed by atoms with Crippen LogP contribution in [0.15, 0.2) is 171 Å². The van der Waals surface area contributed by atoms with E-state index in [4.69, 9.17) is 64.0 Å². The van der Waals surface area contributed by atoms with Crippen LogP contribution in [0.25, 0.3) is 0 Å². The molecule has 0 aromatic carbocycles. The number of nitrogens with zero attached hydrogens (tertiary/aromatic N) is 11. The van der Waals surface area contributed by atoms with Gasteiger partial charge in [0.05, 0.1) is 28.5 Å². The summed E-state index contributed by atoms with van der Waals surface area (Å²) in [6, 6.07) is 33.9. The number of halogens is 3. The SMILES string of the molecule is CN=Cc1ccccn1.CN=Cc1ccccn1.CN=Cc1ccccn1.C[Si](C)(OCCCN)OCCCN.C[Si](C)(OCCCN=Cc1ccccn1)OCCCN=Cc1ccccn1.ClC(Cl)Cl.O=Cc1ccccn1.[Fe].[Fe]. The van der Waals surface area contributed by atoms with Gasteiger partial charge < -0.3 is 29.2 Å². The molecule has 6 rings (SSSR count). The summed E-state index contributed by atoms with van der Waals surface area (Å²) in [5.74, 6) is 0. The van der Waals surface area contributed by atoms with Crippen molar-refractivity contribution in [2.24, 2.45) is 36.4 Å². The number of alkyl halides is 3. The van der Waals surface area contributed by atoms with Gasteiger partial charge >= 0.3 is 17.1 Å². The molecule has 0 bridgehead atoms. The van der Waals surface area contributed by atoms with Gasteiger partial charge in [-0.25, -0.2) is 0 Å². The Balaban J connectivity index is -0.000000950. The zero-order chi connectivity index (χ0) is 58.3. The molecule has 18 nitrogen and oxygen atoms in total. The number of carbonyl (C=O) groups excluding carboxylic acids is 1. The average molecular weight is 1290 g/mol. The van der Waals surface area contributed by atoms with Gasteiger partial charge in [-0.1, -0.05) is 71.2 Å². The van der Waals surface area contributed by atoms with Crippen molar-refractivity contribution in [1.82, 2.24) is 29.9 Å². The first-order valence-corrected chi connectivity index (χ1v) is 32.2. The van der Waals surface area contributed by atoms with Crippen molar-refractivity contribution in [3.8, 4) is 0 Å².